The Hall–Kier alpha value is -0.860. The molecule has 3 unspecified atom stereocenters. The zero-order valence-electron chi connectivity index (χ0n) is 11.7. The zero-order chi connectivity index (χ0) is 13.5. The molecule has 102 valence electrons. The molecule has 1 aliphatic rings. The van der Waals surface area contributed by atoms with Gasteiger partial charge in [0.1, 0.15) is 0 Å². The molecule has 0 radical (unpaired) electrons. The smallest absolute Gasteiger partial charge is 0.0716 e. The summed E-state index contributed by atoms with van der Waals surface area (Å²) < 4.78 is 1.33. The average molecular weight is 274 g/mol. The van der Waals surface area contributed by atoms with Crippen LogP contribution in [0.4, 0.5) is 0 Å². The van der Waals surface area contributed by atoms with E-state index >= 15 is 0 Å². The van der Waals surface area contributed by atoms with Crippen LogP contribution >= 0.6 is 11.3 Å². The van der Waals surface area contributed by atoms with Crippen molar-refractivity contribution in [2.45, 2.75) is 45.1 Å². The van der Waals surface area contributed by atoms with E-state index < -0.39 is 5.60 Å². The molecule has 2 heteroatoms. The molecular weight excluding hydrogens is 252 g/mol. The molecule has 19 heavy (non-hydrogen) atoms. The highest BCUT2D eigenvalue weighted by atomic mass is 32.1. The Bertz CT molecular complexity index is 573. The van der Waals surface area contributed by atoms with E-state index in [1.165, 1.54) is 22.1 Å². The maximum atomic E-state index is 11.0. The van der Waals surface area contributed by atoms with Gasteiger partial charge in [0.05, 0.1) is 5.60 Å². The number of aliphatic hydroxyl groups is 1. The van der Waals surface area contributed by atoms with Crippen LogP contribution in [0, 0.1) is 11.8 Å². The fourth-order valence-electron chi connectivity index (χ4n) is 3.46. The molecule has 1 aliphatic carbocycles. The Kier molecular flexibility index (Phi) is 3.40. The Balaban J connectivity index is 1.91. The standard InChI is InChI=1S/C17H22OS/c1-12-7-8-13(2)17(18,9-12)10-14-11-19-16-6-4-3-5-15(14)16/h3-6,11-13,18H,7-10H2,1-2H3. The lowest BCUT2D eigenvalue weighted by Gasteiger charge is -2.41. The number of fused-ring (bicyclic) bond motifs is 1. The number of rotatable bonds is 2. The minimum atomic E-state index is -0.512. The third-order valence-electron chi connectivity index (χ3n) is 4.77. The van der Waals surface area contributed by atoms with Crippen molar-refractivity contribution < 1.29 is 5.11 Å². The summed E-state index contributed by atoms with van der Waals surface area (Å²) in [5, 5.41) is 14.6. The molecule has 1 saturated carbocycles. The fourth-order valence-corrected chi connectivity index (χ4v) is 4.42. The Morgan fingerprint density at radius 3 is 2.89 bits per heavy atom. The topological polar surface area (TPSA) is 20.2 Å². The minimum Gasteiger partial charge on any atom is -0.389 e. The van der Waals surface area contributed by atoms with Crippen molar-refractivity contribution in [3.8, 4) is 0 Å². The molecule has 2 aromatic rings. The highest BCUT2D eigenvalue weighted by molar-refractivity contribution is 7.17. The monoisotopic (exact) mass is 274 g/mol. The van der Waals surface area contributed by atoms with Gasteiger partial charge in [-0.1, -0.05) is 38.5 Å². The molecule has 3 atom stereocenters. The van der Waals surface area contributed by atoms with Crippen molar-refractivity contribution in [1.29, 1.82) is 0 Å². The van der Waals surface area contributed by atoms with Crippen molar-refractivity contribution in [2.24, 2.45) is 11.8 Å². The Morgan fingerprint density at radius 1 is 1.26 bits per heavy atom. The van der Waals surface area contributed by atoms with Gasteiger partial charge in [0.15, 0.2) is 0 Å². The first-order chi connectivity index (χ1) is 9.08. The summed E-state index contributed by atoms with van der Waals surface area (Å²) in [4.78, 5) is 0. The molecule has 0 saturated heterocycles. The van der Waals surface area contributed by atoms with Crippen molar-refractivity contribution >= 4 is 21.4 Å². The molecule has 1 fully saturated rings. The van der Waals surface area contributed by atoms with E-state index in [-0.39, 0.29) is 0 Å². The van der Waals surface area contributed by atoms with Gasteiger partial charge in [0.25, 0.3) is 0 Å². The molecule has 1 N–H and O–H groups in total. The normalized spacial score (nSPS) is 31.7. The van der Waals surface area contributed by atoms with Crippen LogP contribution in [0.1, 0.15) is 38.7 Å². The van der Waals surface area contributed by atoms with Crippen LogP contribution < -0.4 is 0 Å². The van der Waals surface area contributed by atoms with E-state index in [2.05, 4.69) is 43.5 Å². The van der Waals surface area contributed by atoms with E-state index in [9.17, 15) is 5.11 Å². The van der Waals surface area contributed by atoms with E-state index in [1.807, 2.05) is 0 Å². The van der Waals surface area contributed by atoms with Crippen LogP contribution in [-0.4, -0.2) is 10.7 Å². The molecule has 0 bridgehead atoms. The number of hydrogen-bond donors (Lipinski definition) is 1. The van der Waals surface area contributed by atoms with Crippen LogP contribution in [0.3, 0.4) is 0 Å². The van der Waals surface area contributed by atoms with Gasteiger partial charge in [0.2, 0.25) is 0 Å². The predicted octanol–water partition coefficient (Wildman–Crippen LogP) is 4.63. The summed E-state index contributed by atoms with van der Waals surface area (Å²) in [6, 6.07) is 8.53. The second-order valence-corrected chi connectivity index (χ2v) is 7.24. The number of benzene rings is 1. The number of hydrogen-bond acceptors (Lipinski definition) is 2. The van der Waals surface area contributed by atoms with Gasteiger partial charge in [0, 0.05) is 11.1 Å². The molecule has 1 heterocycles. The summed E-state index contributed by atoms with van der Waals surface area (Å²) >= 11 is 1.79. The largest absolute Gasteiger partial charge is 0.389 e. The van der Waals surface area contributed by atoms with Crippen LogP contribution in [-0.2, 0) is 6.42 Å². The lowest BCUT2D eigenvalue weighted by atomic mass is 9.69. The SMILES string of the molecule is CC1CCC(C)C(O)(Cc2csc3ccccc23)C1. The van der Waals surface area contributed by atoms with Gasteiger partial charge >= 0.3 is 0 Å². The van der Waals surface area contributed by atoms with Gasteiger partial charge in [-0.05, 0) is 47.1 Å². The second kappa shape index (κ2) is 4.92. The molecule has 1 aromatic heterocycles. The molecule has 0 amide bonds. The van der Waals surface area contributed by atoms with Gasteiger partial charge in [-0.3, -0.25) is 0 Å². The molecule has 0 spiro atoms. The molecule has 3 rings (SSSR count). The number of thiophene rings is 1. The summed E-state index contributed by atoms with van der Waals surface area (Å²) in [6.45, 7) is 4.48. The van der Waals surface area contributed by atoms with Crippen LogP contribution in [0.25, 0.3) is 10.1 Å². The van der Waals surface area contributed by atoms with Gasteiger partial charge in [-0.2, -0.15) is 0 Å². The molecular formula is C17H22OS. The highest BCUT2D eigenvalue weighted by Crippen LogP contribution is 2.40. The minimum absolute atomic E-state index is 0.405. The van der Waals surface area contributed by atoms with Crippen LogP contribution in [0.5, 0.6) is 0 Å². The summed E-state index contributed by atoms with van der Waals surface area (Å²) in [5.74, 6) is 1.05. The van der Waals surface area contributed by atoms with Crippen LogP contribution in [0.15, 0.2) is 29.6 Å². The van der Waals surface area contributed by atoms with E-state index in [4.69, 9.17) is 0 Å². The van der Waals surface area contributed by atoms with Gasteiger partial charge < -0.3 is 5.11 Å². The molecule has 1 nitrogen and oxygen atoms in total. The highest BCUT2D eigenvalue weighted by Gasteiger charge is 2.39. The summed E-state index contributed by atoms with van der Waals surface area (Å²) in [7, 11) is 0. The van der Waals surface area contributed by atoms with E-state index in [0.29, 0.717) is 11.8 Å². The third-order valence-corrected chi connectivity index (χ3v) is 5.78. The second-order valence-electron chi connectivity index (χ2n) is 6.33. The fraction of sp³-hybridized carbons (Fsp3) is 0.529. The Labute approximate surface area is 119 Å². The third kappa shape index (κ3) is 2.44. The first kappa shape index (κ1) is 13.1. The summed E-state index contributed by atoms with van der Waals surface area (Å²) in [6.07, 6.45) is 4.16. The first-order valence-corrected chi connectivity index (χ1v) is 8.14. The lowest BCUT2D eigenvalue weighted by Crippen LogP contribution is -2.43. The average Bonchev–Trinajstić information content (AvgIpc) is 2.78. The quantitative estimate of drug-likeness (QED) is 0.846. The zero-order valence-corrected chi connectivity index (χ0v) is 12.5. The van der Waals surface area contributed by atoms with Crippen molar-refractivity contribution in [1.82, 2.24) is 0 Å². The maximum absolute atomic E-state index is 11.0. The maximum Gasteiger partial charge on any atom is 0.0716 e. The first-order valence-electron chi connectivity index (χ1n) is 7.26. The summed E-state index contributed by atoms with van der Waals surface area (Å²) in [5.41, 5.74) is 0.811. The Morgan fingerprint density at radius 2 is 2.05 bits per heavy atom. The molecule has 1 aromatic carbocycles. The van der Waals surface area contributed by atoms with Gasteiger partial charge in [-0.25, -0.2) is 0 Å². The van der Waals surface area contributed by atoms with Crippen molar-refractivity contribution in [3.05, 3.63) is 35.2 Å². The van der Waals surface area contributed by atoms with E-state index in [0.717, 1.165) is 19.3 Å². The lowest BCUT2D eigenvalue weighted by molar-refractivity contribution is -0.0557. The predicted molar refractivity (Wildman–Crippen MR) is 82.7 cm³/mol. The van der Waals surface area contributed by atoms with Gasteiger partial charge in [-0.15, -0.1) is 11.3 Å². The van der Waals surface area contributed by atoms with Crippen LogP contribution in [0.2, 0.25) is 0 Å². The molecule has 0 aliphatic heterocycles. The van der Waals surface area contributed by atoms with Crippen molar-refractivity contribution in [2.75, 3.05) is 0 Å². The van der Waals surface area contributed by atoms with Crippen molar-refractivity contribution in [3.63, 3.8) is 0 Å². The van der Waals surface area contributed by atoms with E-state index in [1.54, 1.807) is 11.3 Å².